The number of halogens is 1. The average molecular weight is 432 g/mol. The van der Waals surface area contributed by atoms with Crippen LogP contribution in [-0.2, 0) is 4.79 Å². The van der Waals surface area contributed by atoms with Crippen molar-refractivity contribution in [1.82, 2.24) is 15.1 Å². The van der Waals surface area contributed by atoms with E-state index in [2.05, 4.69) is 29.1 Å². The number of hydrogen-bond acceptors (Lipinski definition) is 3. The number of rotatable bonds is 8. The number of benzene rings is 1. The minimum atomic E-state index is -0.0585. The first-order valence-corrected chi connectivity index (χ1v) is 12.1. The smallest absolute Gasteiger partial charge is 0.244 e. The molecule has 5 heteroatoms. The predicted octanol–water partition coefficient (Wildman–Crippen LogP) is 4.83. The SMILES string of the molecule is CC1CCCCC1N(C)C1CCN(CCCNC(=O)C=Cc2ccccc2Cl)CC1. The minimum absolute atomic E-state index is 0.0585. The molecule has 2 aliphatic rings. The van der Waals surface area contributed by atoms with Crippen LogP contribution < -0.4 is 5.32 Å². The molecule has 0 radical (unpaired) electrons. The highest BCUT2D eigenvalue weighted by Gasteiger charge is 2.31. The van der Waals surface area contributed by atoms with E-state index in [1.807, 2.05) is 24.3 Å². The Morgan fingerprint density at radius 3 is 2.67 bits per heavy atom. The van der Waals surface area contributed by atoms with Crippen molar-refractivity contribution in [3.8, 4) is 0 Å². The molecule has 166 valence electrons. The van der Waals surface area contributed by atoms with Crippen molar-refractivity contribution in [2.45, 2.75) is 64.0 Å². The highest BCUT2D eigenvalue weighted by molar-refractivity contribution is 6.32. The van der Waals surface area contributed by atoms with Gasteiger partial charge in [0, 0.05) is 29.7 Å². The summed E-state index contributed by atoms with van der Waals surface area (Å²) < 4.78 is 0. The van der Waals surface area contributed by atoms with Gasteiger partial charge in [0.1, 0.15) is 0 Å². The Labute approximate surface area is 187 Å². The molecule has 1 aliphatic heterocycles. The number of carbonyl (C=O) groups is 1. The van der Waals surface area contributed by atoms with E-state index in [0.29, 0.717) is 11.6 Å². The average Bonchev–Trinajstić information content (AvgIpc) is 2.76. The topological polar surface area (TPSA) is 35.6 Å². The number of likely N-dealkylation sites (tertiary alicyclic amines) is 1. The summed E-state index contributed by atoms with van der Waals surface area (Å²) in [4.78, 5) is 17.3. The molecule has 1 N–H and O–H groups in total. The van der Waals surface area contributed by atoms with Crippen molar-refractivity contribution in [3.63, 3.8) is 0 Å². The van der Waals surface area contributed by atoms with Crippen LogP contribution in [0.1, 0.15) is 57.4 Å². The van der Waals surface area contributed by atoms with Crippen molar-refractivity contribution < 1.29 is 4.79 Å². The first kappa shape index (κ1) is 23.3. The fourth-order valence-corrected chi connectivity index (χ4v) is 5.27. The summed E-state index contributed by atoms with van der Waals surface area (Å²) >= 11 is 6.11. The Morgan fingerprint density at radius 1 is 1.20 bits per heavy atom. The summed E-state index contributed by atoms with van der Waals surface area (Å²) in [6.45, 7) is 6.57. The molecular weight excluding hydrogens is 394 g/mol. The maximum atomic E-state index is 12.0. The first-order valence-electron chi connectivity index (χ1n) is 11.7. The zero-order valence-electron chi connectivity index (χ0n) is 18.7. The van der Waals surface area contributed by atoms with Gasteiger partial charge in [0.15, 0.2) is 0 Å². The molecule has 1 heterocycles. The summed E-state index contributed by atoms with van der Waals surface area (Å²) in [7, 11) is 2.36. The fraction of sp³-hybridized carbons (Fsp3) is 0.640. The maximum Gasteiger partial charge on any atom is 0.244 e. The minimum Gasteiger partial charge on any atom is -0.353 e. The van der Waals surface area contributed by atoms with Crippen LogP contribution in [0, 0.1) is 5.92 Å². The summed E-state index contributed by atoms with van der Waals surface area (Å²) in [6, 6.07) is 9.06. The highest BCUT2D eigenvalue weighted by atomic mass is 35.5. The molecule has 0 spiro atoms. The lowest BCUT2D eigenvalue weighted by molar-refractivity contribution is -0.116. The van der Waals surface area contributed by atoms with Crippen molar-refractivity contribution in [3.05, 3.63) is 40.9 Å². The van der Waals surface area contributed by atoms with Crippen LogP contribution in [0.3, 0.4) is 0 Å². The third-order valence-electron chi connectivity index (χ3n) is 6.99. The van der Waals surface area contributed by atoms with E-state index >= 15 is 0 Å². The summed E-state index contributed by atoms with van der Waals surface area (Å²) in [5.74, 6) is 0.786. The van der Waals surface area contributed by atoms with Gasteiger partial charge < -0.3 is 15.1 Å². The molecule has 30 heavy (non-hydrogen) atoms. The van der Waals surface area contributed by atoms with E-state index in [4.69, 9.17) is 11.6 Å². The number of piperidine rings is 1. The van der Waals surface area contributed by atoms with Gasteiger partial charge in [0.2, 0.25) is 5.91 Å². The van der Waals surface area contributed by atoms with Crippen LogP contribution in [0.25, 0.3) is 6.08 Å². The lowest BCUT2D eigenvalue weighted by atomic mass is 9.84. The van der Waals surface area contributed by atoms with Crippen LogP contribution in [0.2, 0.25) is 5.02 Å². The Bertz CT molecular complexity index is 699. The van der Waals surface area contributed by atoms with Crippen LogP contribution in [0.15, 0.2) is 30.3 Å². The quantitative estimate of drug-likeness (QED) is 0.472. The van der Waals surface area contributed by atoms with Gasteiger partial charge >= 0.3 is 0 Å². The molecule has 0 aromatic heterocycles. The van der Waals surface area contributed by atoms with Crippen LogP contribution >= 0.6 is 11.6 Å². The van der Waals surface area contributed by atoms with Crippen LogP contribution in [0.5, 0.6) is 0 Å². The van der Waals surface area contributed by atoms with Gasteiger partial charge in [0.25, 0.3) is 0 Å². The molecule has 1 aromatic rings. The van der Waals surface area contributed by atoms with E-state index in [0.717, 1.165) is 36.5 Å². The van der Waals surface area contributed by atoms with Gasteiger partial charge in [-0.05, 0) is 82.4 Å². The van der Waals surface area contributed by atoms with Gasteiger partial charge in [0.05, 0.1) is 0 Å². The molecule has 3 rings (SSSR count). The molecule has 1 aliphatic carbocycles. The second-order valence-electron chi connectivity index (χ2n) is 9.07. The lowest BCUT2D eigenvalue weighted by Crippen LogP contribution is -2.50. The van der Waals surface area contributed by atoms with Crippen LogP contribution in [-0.4, -0.2) is 61.0 Å². The Morgan fingerprint density at radius 2 is 1.93 bits per heavy atom. The number of amides is 1. The van der Waals surface area contributed by atoms with E-state index in [9.17, 15) is 4.79 Å². The van der Waals surface area contributed by atoms with Crippen molar-refractivity contribution >= 4 is 23.6 Å². The van der Waals surface area contributed by atoms with Crippen molar-refractivity contribution in [1.29, 1.82) is 0 Å². The summed E-state index contributed by atoms with van der Waals surface area (Å²) in [5, 5.41) is 3.64. The molecule has 1 amide bonds. The van der Waals surface area contributed by atoms with E-state index < -0.39 is 0 Å². The zero-order chi connectivity index (χ0) is 21.3. The molecular formula is C25H38ClN3O. The normalized spacial score (nSPS) is 23.9. The van der Waals surface area contributed by atoms with Gasteiger partial charge in [-0.25, -0.2) is 0 Å². The third kappa shape index (κ3) is 6.83. The van der Waals surface area contributed by atoms with Gasteiger partial charge in [-0.15, -0.1) is 0 Å². The predicted molar refractivity (Wildman–Crippen MR) is 127 cm³/mol. The molecule has 4 nitrogen and oxygen atoms in total. The second-order valence-corrected chi connectivity index (χ2v) is 9.47. The molecule has 2 unspecified atom stereocenters. The van der Waals surface area contributed by atoms with E-state index in [1.165, 1.54) is 51.6 Å². The molecule has 1 saturated carbocycles. The molecule has 1 saturated heterocycles. The molecule has 0 bridgehead atoms. The van der Waals surface area contributed by atoms with E-state index in [1.54, 1.807) is 12.2 Å². The number of carbonyl (C=O) groups excluding carboxylic acids is 1. The summed E-state index contributed by atoms with van der Waals surface area (Å²) in [6.07, 6.45) is 12.5. The van der Waals surface area contributed by atoms with Crippen LogP contribution in [0.4, 0.5) is 0 Å². The van der Waals surface area contributed by atoms with Gasteiger partial charge in [-0.2, -0.15) is 0 Å². The third-order valence-corrected chi connectivity index (χ3v) is 7.34. The van der Waals surface area contributed by atoms with Gasteiger partial charge in [-0.3, -0.25) is 4.79 Å². The second kappa shape index (κ2) is 11.9. The fourth-order valence-electron chi connectivity index (χ4n) is 5.07. The van der Waals surface area contributed by atoms with Crippen molar-refractivity contribution in [2.24, 2.45) is 5.92 Å². The lowest BCUT2D eigenvalue weighted by Gasteiger charge is -2.44. The monoisotopic (exact) mass is 431 g/mol. The Hall–Kier alpha value is -1.36. The summed E-state index contributed by atoms with van der Waals surface area (Å²) in [5.41, 5.74) is 0.866. The highest BCUT2D eigenvalue weighted by Crippen LogP contribution is 2.30. The van der Waals surface area contributed by atoms with Gasteiger partial charge in [-0.1, -0.05) is 49.6 Å². The first-order chi connectivity index (χ1) is 14.5. The Kier molecular flexibility index (Phi) is 9.23. The molecule has 1 aromatic carbocycles. The molecule has 2 atom stereocenters. The zero-order valence-corrected chi connectivity index (χ0v) is 19.4. The van der Waals surface area contributed by atoms with E-state index in [-0.39, 0.29) is 5.91 Å². The largest absolute Gasteiger partial charge is 0.353 e. The standard InChI is InChI=1S/C25H38ClN3O/c1-20-8-3-6-11-24(20)28(2)22-14-18-29(19-15-22)17-7-16-27-25(30)13-12-21-9-4-5-10-23(21)26/h4-5,9-10,12-13,20,22,24H,3,6-8,11,14-19H2,1-2H3,(H,27,30). The molecule has 2 fully saturated rings. The Balaban J connectivity index is 1.30. The van der Waals surface area contributed by atoms with Crippen molar-refractivity contribution in [2.75, 3.05) is 33.2 Å². The number of hydrogen-bond donors (Lipinski definition) is 1. The number of nitrogens with zero attached hydrogens (tertiary/aromatic N) is 2. The number of nitrogens with one attached hydrogen (secondary N) is 1. The maximum absolute atomic E-state index is 12.0.